The third-order valence-corrected chi connectivity index (χ3v) is 6.28. The Balaban J connectivity index is 1.39. The van der Waals surface area contributed by atoms with Gasteiger partial charge in [-0.3, -0.25) is 9.69 Å². The number of hydrogen-bond acceptors (Lipinski definition) is 5. The highest BCUT2D eigenvalue weighted by Crippen LogP contribution is 2.36. The summed E-state index contributed by atoms with van der Waals surface area (Å²) in [5, 5.41) is 0. The molecule has 1 aliphatic carbocycles. The van der Waals surface area contributed by atoms with Gasteiger partial charge >= 0.3 is 0 Å². The molecular weight excluding hydrogens is 390 g/mol. The van der Waals surface area contributed by atoms with Crippen LogP contribution in [0.25, 0.3) is 0 Å². The highest BCUT2D eigenvalue weighted by Gasteiger charge is 2.48. The number of aliphatic imine (C=N–C) groups is 1. The normalized spacial score (nSPS) is 21.8. The van der Waals surface area contributed by atoms with Crippen LogP contribution >= 0.6 is 0 Å². The Kier molecular flexibility index (Phi) is 6.44. The van der Waals surface area contributed by atoms with Crippen molar-refractivity contribution in [3.63, 3.8) is 0 Å². The first-order chi connectivity index (χ1) is 15.1. The summed E-state index contributed by atoms with van der Waals surface area (Å²) in [7, 11) is 1.68. The Bertz CT molecular complexity index is 907. The van der Waals surface area contributed by atoms with E-state index in [1.165, 1.54) is 24.2 Å². The van der Waals surface area contributed by atoms with Crippen LogP contribution in [0.1, 0.15) is 44.1 Å². The summed E-state index contributed by atoms with van der Waals surface area (Å²) in [6.45, 7) is 0.706. The number of hydrogen-bond donors (Lipinski definition) is 1. The second-order valence-corrected chi connectivity index (χ2v) is 8.61. The van der Waals surface area contributed by atoms with Crippen LogP contribution in [-0.2, 0) is 11.4 Å². The molecule has 164 valence electrons. The van der Waals surface area contributed by atoms with Gasteiger partial charge in [-0.15, -0.1) is 0 Å². The molecule has 2 N–H and O–H groups in total. The number of guanidine groups is 1. The van der Waals surface area contributed by atoms with Crippen molar-refractivity contribution in [2.45, 2.75) is 50.7 Å². The van der Waals surface area contributed by atoms with Gasteiger partial charge in [0, 0.05) is 7.05 Å². The lowest BCUT2D eigenvalue weighted by molar-refractivity contribution is -0.132. The van der Waals surface area contributed by atoms with Crippen LogP contribution in [0.5, 0.6) is 11.5 Å². The van der Waals surface area contributed by atoms with Gasteiger partial charge in [0.25, 0.3) is 5.91 Å². The Morgan fingerprint density at radius 3 is 2.26 bits per heavy atom. The number of amides is 1. The summed E-state index contributed by atoms with van der Waals surface area (Å²) >= 11 is 0. The highest BCUT2D eigenvalue weighted by molar-refractivity contribution is 6.06. The molecule has 1 amide bonds. The minimum absolute atomic E-state index is 0.0709. The summed E-state index contributed by atoms with van der Waals surface area (Å²) < 4.78 is 11.9. The molecular formula is C25H31N3O3. The first kappa shape index (κ1) is 21.2. The van der Waals surface area contributed by atoms with Crippen LogP contribution in [-0.4, -0.2) is 36.0 Å². The molecule has 0 spiro atoms. The smallest absolute Gasteiger partial charge is 0.260 e. The van der Waals surface area contributed by atoms with Crippen LogP contribution in [0.15, 0.2) is 59.6 Å². The zero-order valence-corrected chi connectivity index (χ0v) is 18.1. The molecule has 31 heavy (non-hydrogen) atoms. The van der Waals surface area contributed by atoms with Gasteiger partial charge in [0.15, 0.2) is 11.5 Å². The maximum Gasteiger partial charge on any atom is 0.260 e. The van der Waals surface area contributed by atoms with Gasteiger partial charge < -0.3 is 15.2 Å². The number of nitrogens with zero attached hydrogens (tertiary/aromatic N) is 2. The maximum atomic E-state index is 13.0. The van der Waals surface area contributed by atoms with Crippen LogP contribution in [0.3, 0.4) is 0 Å². The molecule has 0 aromatic heterocycles. The Labute approximate surface area is 184 Å². The molecule has 6 heteroatoms. The van der Waals surface area contributed by atoms with E-state index in [4.69, 9.17) is 15.2 Å². The largest absolute Gasteiger partial charge is 0.490 e. The van der Waals surface area contributed by atoms with Crippen molar-refractivity contribution in [3.05, 3.63) is 60.2 Å². The van der Waals surface area contributed by atoms with E-state index in [9.17, 15) is 4.79 Å². The molecule has 0 radical (unpaired) electrons. The SMILES string of the molecule is CN1C(=O)C(COc2ccc(OCc3ccccc3)cc2)(CC2CCCCC2)N=C1N. The third-order valence-electron chi connectivity index (χ3n) is 6.28. The lowest BCUT2D eigenvalue weighted by Crippen LogP contribution is -2.47. The summed E-state index contributed by atoms with van der Waals surface area (Å²) in [6, 6.07) is 17.5. The first-order valence-corrected chi connectivity index (χ1v) is 11.1. The third kappa shape index (κ3) is 5.01. The van der Waals surface area contributed by atoms with E-state index in [2.05, 4.69) is 4.99 Å². The molecule has 0 bridgehead atoms. The lowest BCUT2D eigenvalue weighted by atomic mass is 9.79. The number of rotatable bonds is 8. The number of benzene rings is 2. The van der Waals surface area contributed by atoms with Crippen molar-refractivity contribution < 1.29 is 14.3 Å². The van der Waals surface area contributed by atoms with E-state index < -0.39 is 5.54 Å². The van der Waals surface area contributed by atoms with Gasteiger partial charge in [0.1, 0.15) is 24.7 Å². The van der Waals surface area contributed by atoms with Crippen molar-refractivity contribution in [2.75, 3.05) is 13.7 Å². The molecule has 1 unspecified atom stereocenters. The maximum absolute atomic E-state index is 13.0. The molecule has 0 saturated heterocycles. The standard InChI is InChI=1S/C25H31N3O3/c1-28-23(29)25(27-24(28)26,16-19-8-4-2-5-9-19)18-31-22-14-12-21(13-15-22)30-17-20-10-6-3-7-11-20/h3,6-7,10-15,19H,2,4-5,8-9,16-18H2,1H3,(H2,26,27). The van der Waals surface area contributed by atoms with Crippen molar-refractivity contribution in [1.29, 1.82) is 0 Å². The first-order valence-electron chi connectivity index (χ1n) is 11.1. The Hall–Kier alpha value is -3.02. The molecule has 1 heterocycles. The van der Waals surface area contributed by atoms with Crippen LogP contribution in [0.4, 0.5) is 0 Å². The van der Waals surface area contributed by atoms with Crippen molar-refractivity contribution in [2.24, 2.45) is 16.6 Å². The quantitative estimate of drug-likeness (QED) is 0.695. The number of ether oxygens (including phenoxy) is 2. The molecule has 2 aromatic rings. The predicted octanol–water partition coefficient (Wildman–Crippen LogP) is 4.14. The van der Waals surface area contributed by atoms with Gasteiger partial charge in [-0.05, 0) is 42.2 Å². The summed E-state index contributed by atoms with van der Waals surface area (Å²) in [5.74, 6) is 2.14. The minimum Gasteiger partial charge on any atom is -0.490 e. The molecule has 2 aliphatic rings. The van der Waals surface area contributed by atoms with Gasteiger partial charge in [-0.1, -0.05) is 62.4 Å². The fraction of sp³-hybridized carbons (Fsp3) is 0.440. The molecule has 6 nitrogen and oxygen atoms in total. The highest BCUT2D eigenvalue weighted by atomic mass is 16.5. The van der Waals surface area contributed by atoms with Gasteiger partial charge in [0.2, 0.25) is 0 Å². The van der Waals surface area contributed by atoms with E-state index in [-0.39, 0.29) is 18.5 Å². The average molecular weight is 422 g/mol. The number of carbonyl (C=O) groups is 1. The monoisotopic (exact) mass is 421 g/mol. The summed E-state index contributed by atoms with van der Waals surface area (Å²) in [6.07, 6.45) is 6.68. The number of nitrogens with two attached hydrogens (primary N) is 1. The van der Waals surface area contributed by atoms with E-state index >= 15 is 0 Å². The van der Waals surface area contributed by atoms with Crippen molar-refractivity contribution >= 4 is 11.9 Å². The fourth-order valence-corrected chi connectivity index (χ4v) is 4.49. The molecule has 1 saturated carbocycles. The molecule has 1 atom stereocenters. The van der Waals surface area contributed by atoms with Gasteiger partial charge in [-0.2, -0.15) is 0 Å². The molecule has 1 aliphatic heterocycles. The Morgan fingerprint density at radius 2 is 1.65 bits per heavy atom. The summed E-state index contributed by atoms with van der Waals surface area (Å²) in [5.41, 5.74) is 6.19. The molecule has 4 rings (SSSR count). The zero-order chi connectivity index (χ0) is 21.7. The van der Waals surface area contributed by atoms with Crippen LogP contribution in [0, 0.1) is 5.92 Å². The Morgan fingerprint density at radius 1 is 1.00 bits per heavy atom. The minimum atomic E-state index is -0.927. The molecule has 1 fully saturated rings. The van der Waals surface area contributed by atoms with Crippen molar-refractivity contribution in [1.82, 2.24) is 4.90 Å². The van der Waals surface area contributed by atoms with Gasteiger partial charge in [-0.25, -0.2) is 4.99 Å². The predicted molar refractivity (Wildman–Crippen MR) is 121 cm³/mol. The molecule has 2 aromatic carbocycles. The summed E-state index contributed by atoms with van der Waals surface area (Å²) in [4.78, 5) is 19.1. The van der Waals surface area contributed by atoms with E-state index in [0.717, 1.165) is 24.2 Å². The van der Waals surface area contributed by atoms with Crippen LogP contribution < -0.4 is 15.2 Å². The number of carbonyl (C=O) groups excluding carboxylic acids is 1. The van der Waals surface area contributed by atoms with E-state index in [1.807, 2.05) is 54.6 Å². The lowest BCUT2D eigenvalue weighted by Gasteiger charge is -2.31. The fourth-order valence-electron chi connectivity index (χ4n) is 4.49. The second kappa shape index (κ2) is 9.41. The zero-order valence-electron chi connectivity index (χ0n) is 18.1. The topological polar surface area (TPSA) is 77.2 Å². The van der Waals surface area contributed by atoms with Crippen molar-refractivity contribution in [3.8, 4) is 11.5 Å². The van der Waals surface area contributed by atoms with Crippen LogP contribution in [0.2, 0.25) is 0 Å². The second-order valence-electron chi connectivity index (χ2n) is 8.61. The average Bonchev–Trinajstić information content (AvgIpc) is 3.02. The van der Waals surface area contributed by atoms with E-state index in [1.54, 1.807) is 7.05 Å². The number of likely N-dealkylation sites (N-methyl/N-ethyl adjacent to an activating group) is 1. The van der Waals surface area contributed by atoms with E-state index in [0.29, 0.717) is 24.7 Å². The van der Waals surface area contributed by atoms with Gasteiger partial charge in [0.05, 0.1) is 0 Å².